The standard InChI is InChI=1S/C40H76O10/c1-3-5-7-9-10-11-12-13-14-15-16-17-18-19-20-21-22-23-24-25-27-29-36(43)49-33(31-47-35(42)28-26-8-6-4-2)32-48-40-39(46)38(45)37(44)34(30-41)50-40/h33-34,37-41,44-46H,3-32H2,1-2H3. The molecule has 0 aromatic carbocycles. The van der Waals surface area contributed by atoms with E-state index in [-0.39, 0.29) is 32.0 Å². The number of rotatable bonds is 34. The summed E-state index contributed by atoms with van der Waals surface area (Å²) < 4.78 is 21.9. The third-order valence-corrected chi connectivity index (χ3v) is 9.74. The van der Waals surface area contributed by atoms with Crippen molar-refractivity contribution in [3.63, 3.8) is 0 Å². The summed E-state index contributed by atoms with van der Waals surface area (Å²) in [5, 5.41) is 39.8. The number of aliphatic hydroxyl groups excluding tert-OH is 4. The van der Waals surface area contributed by atoms with Gasteiger partial charge >= 0.3 is 11.9 Å². The molecule has 0 saturated carbocycles. The molecule has 10 nitrogen and oxygen atoms in total. The molecule has 1 rings (SSSR count). The van der Waals surface area contributed by atoms with Crippen molar-refractivity contribution in [3.05, 3.63) is 0 Å². The van der Waals surface area contributed by atoms with Crippen molar-refractivity contribution in [1.29, 1.82) is 0 Å². The van der Waals surface area contributed by atoms with Crippen LogP contribution in [0.4, 0.5) is 0 Å². The summed E-state index contributed by atoms with van der Waals surface area (Å²) in [6, 6.07) is 0. The lowest BCUT2D eigenvalue weighted by molar-refractivity contribution is -0.305. The molecule has 1 aliphatic heterocycles. The van der Waals surface area contributed by atoms with Gasteiger partial charge in [0.15, 0.2) is 12.4 Å². The molecule has 0 bridgehead atoms. The van der Waals surface area contributed by atoms with Gasteiger partial charge in [-0.3, -0.25) is 9.59 Å². The maximum Gasteiger partial charge on any atom is 0.306 e. The Kier molecular flexibility index (Phi) is 30.2. The van der Waals surface area contributed by atoms with E-state index in [0.29, 0.717) is 6.42 Å². The topological polar surface area (TPSA) is 152 Å². The molecule has 6 unspecified atom stereocenters. The van der Waals surface area contributed by atoms with Crippen molar-refractivity contribution >= 4 is 11.9 Å². The van der Waals surface area contributed by atoms with Crippen LogP contribution in [0.15, 0.2) is 0 Å². The second-order valence-corrected chi connectivity index (χ2v) is 14.5. The summed E-state index contributed by atoms with van der Waals surface area (Å²) in [6.45, 7) is 3.30. The third kappa shape index (κ3) is 24.0. The van der Waals surface area contributed by atoms with Crippen LogP contribution >= 0.6 is 0 Å². The lowest BCUT2D eigenvalue weighted by Crippen LogP contribution is -2.59. The Hall–Kier alpha value is -1.30. The predicted octanol–water partition coefficient (Wildman–Crippen LogP) is 7.83. The maximum absolute atomic E-state index is 12.6. The highest BCUT2D eigenvalue weighted by molar-refractivity contribution is 5.70. The van der Waals surface area contributed by atoms with Gasteiger partial charge in [0.1, 0.15) is 31.0 Å². The summed E-state index contributed by atoms with van der Waals surface area (Å²) >= 11 is 0. The first-order chi connectivity index (χ1) is 24.3. The molecule has 10 heteroatoms. The van der Waals surface area contributed by atoms with Crippen LogP contribution in [0.2, 0.25) is 0 Å². The van der Waals surface area contributed by atoms with Crippen molar-refractivity contribution in [2.75, 3.05) is 19.8 Å². The van der Waals surface area contributed by atoms with E-state index in [0.717, 1.165) is 44.9 Å². The van der Waals surface area contributed by atoms with E-state index >= 15 is 0 Å². The molecule has 1 saturated heterocycles. The Morgan fingerprint density at radius 3 is 1.38 bits per heavy atom. The van der Waals surface area contributed by atoms with Crippen LogP contribution in [0.1, 0.15) is 187 Å². The molecule has 1 heterocycles. The first kappa shape index (κ1) is 46.7. The summed E-state index contributed by atoms with van der Waals surface area (Å²) in [7, 11) is 0. The molecule has 296 valence electrons. The predicted molar refractivity (Wildman–Crippen MR) is 197 cm³/mol. The minimum atomic E-state index is -1.59. The van der Waals surface area contributed by atoms with Crippen molar-refractivity contribution in [1.82, 2.24) is 0 Å². The van der Waals surface area contributed by atoms with E-state index in [1.165, 1.54) is 109 Å². The largest absolute Gasteiger partial charge is 0.462 e. The van der Waals surface area contributed by atoms with Crippen LogP contribution in [0.5, 0.6) is 0 Å². The van der Waals surface area contributed by atoms with Gasteiger partial charge in [-0.25, -0.2) is 0 Å². The van der Waals surface area contributed by atoms with Gasteiger partial charge in [-0.05, 0) is 12.8 Å². The third-order valence-electron chi connectivity index (χ3n) is 9.74. The normalized spacial score (nSPS) is 21.3. The van der Waals surface area contributed by atoms with E-state index in [2.05, 4.69) is 13.8 Å². The van der Waals surface area contributed by atoms with Crippen molar-refractivity contribution in [2.24, 2.45) is 0 Å². The monoisotopic (exact) mass is 717 g/mol. The van der Waals surface area contributed by atoms with Gasteiger partial charge in [-0.2, -0.15) is 0 Å². The number of carbonyl (C=O) groups is 2. The second kappa shape index (κ2) is 32.4. The minimum Gasteiger partial charge on any atom is -0.462 e. The molecular weight excluding hydrogens is 640 g/mol. The molecule has 1 aliphatic rings. The number of aliphatic hydroxyl groups is 4. The quantitative estimate of drug-likeness (QED) is 0.0383. The van der Waals surface area contributed by atoms with E-state index < -0.39 is 49.4 Å². The van der Waals surface area contributed by atoms with Gasteiger partial charge in [-0.1, -0.05) is 162 Å². The number of carbonyl (C=O) groups excluding carboxylic acids is 2. The van der Waals surface area contributed by atoms with E-state index in [1.807, 2.05) is 0 Å². The smallest absolute Gasteiger partial charge is 0.306 e. The van der Waals surface area contributed by atoms with Crippen molar-refractivity contribution in [3.8, 4) is 0 Å². The Morgan fingerprint density at radius 2 is 0.940 bits per heavy atom. The fraction of sp³-hybridized carbons (Fsp3) is 0.950. The average Bonchev–Trinajstić information content (AvgIpc) is 3.11. The molecule has 0 radical (unpaired) electrons. The van der Waals surface area contributed by atoms with E-state index in [9.17, 15) is 30.0 Å². The number of unbranched alkanes of at least 4 members (excludes halogenated alkanes) is 23. The second-order valence-electron chi connectivity index (χ2n) is 14.5. The fourth-order valence-electron chi connectivity index (χ4n) is 6.42. The highest BCUT2D eigenvalue weighted by Gasteiger charge is 2.44. The zero-order chi connectivity index (χ0) is 36.7. The zero-order valence-electron chi connectivity index (χ0n) is 31.9. The molecule has 6 atom stereocenters. The molecule has 0 aromatic rings. The summed E-state index contributed by atoms with van der Waals surface area (Å²) in [6.07, 6.45) is 23.3. The number of esters is 2. The van der Waals surface area contributed by atoms with Gasteiger partial charge < -0.3 is 39.4 Å². The Bertz CT molecular complexity index is 794. The lowest BCUT2D eigenvalue weighted by atomic mass is 9.99. The van der Waals surface area contributed by atoms with E-state index in [4.69, 9.17) is 18.9 Å². The zero-order valence-corrected chi connectivity index (χ0v) is 31.9. The molecule has 0 aromatic heterocycles. The van der Waals surface area contributed by atoms with Gasteiger partial charge in [0.25, 0.3) is 0 Å². The van der Waals surface area contributed by atoms with Crippen LogP contribution in [0.25, 0.3) is 0 Å². The molecule has 0 aliphatic carbocycles. The van der Waals surface area contributed by atoms with E-state index in [1.54, 1.807) is 0 Å². The molecular formula is C40H76O10. The fourth-order valence-corrected chi connectivity index (χ4v) is 6.42. The van der Waals surface area contributed by atoms with Crippen molar-refractivity contribution in [2.45, 2.75) is 224 Å². The maximum atomic E-state index is 12.6. The molecule has 4 N–H and O–H groups in total. The summed E-state index contributed by atoms with van der Waals surface area (Å²) in [5.41, 5.74) is 0. The van der Waals surface area contributed by atoms with Crippen LogP contribution < -0.4 is 0 Å². The van der Waals surface area contributed by atoms with Crippen molar-refractivity contribution < 1.29 is 49.0 Å². The number of ether oxygens (including phenoxy) is 4. The van der Waals surface area contributed by atoms with Gasteiger partial charge in [0, 0.05) is 12.8 Å². The minimum absolute atomic E-state index is 0.213. The first-order valence-corrected chi connectivity index (χ1v) is 20.6. The van der Waals surface area contributed by atoms with Crippen LogP contribution in [0, 0.1) is 0 Å². The van der Waals surface area contributed by atoms with Gasteiger partial charge in [0.2, 0.25) is 0 Å². The number of hydrogen-bond acceptors (Lipinski definition) is 10. The van der Waals surface area contributed by atoms with Crippen LogP contribution in [-0.4, -0.2) is 89.0 Å². The average molecular weight is 717 g/mol. The SMILES string of the molecule is CCCCCCCCCCCCCCCCCCCCCCCC(=O)OC(COC(=O)CCCCCC)COC1OC(CO)C(O)C(O)C1O. The molecule has 0 spiro atoms. The summed E-state index contributed by atoms with van der Waals surface area (Å²) in [4.78, 5) is 24.9. The van der Waals surface area contributed by atoms with Crippen LogP contribution in [0.3, 0.4) is 0 Å². The van der Waals surface area contributed by atoms with Crippen LogP contribution in [-0.2, 0) is 28.5 Å². The van der Waals surface area contributed by atoms with Gasteiger partial charge in [-0.15, -0.1) is 0 Å². The molecule has 50 heavy (non-hydrogen) atoms. The highest BCUT2D eigenvalue weighted by atomic mass is 16.7. The molecule has 0 amide bonds. The summed E-state index contributed by atoms with van der Waals surface area (Å²) in [5.74, 6) is -0.816. The molecule has 1 fully saturated rings. The Balaban J connectivity index is 2.18. The Morgan fingerprint density at radius 1 is 0.540 bits per heavy atom. The number of hydrogen-bond donors (Lipinski definition) is 4. The highest BCUT2D eigenvalue weighted by Crippen LogP contribution is 2.23. The lowest BCUT2D eigenvalue weighted by Gasteiger charge is -2.39. The first-order valence-electron chi connectivity index (χ1n) is 20.6. The van der Waals surface area contributed by atoms with Gasteiger partial charge in [0.05, 0.1) is 13.2 Å². The Labute approximate surface area is 304 Å².